The van der Waals surface area contributed by atoms with Gasteiger partial charge in [-0.05, 0) is 48.4 Å². The van der Waals surface area contributed by atoms with Crippen molar-refractivity contribution < 1.29 is 22.7 Å². The molecule has 0 atom stereocenters. The van der Waals surface area contributed by atoms with Crippen LogP contribution in [0.4, 0.5) is 9.18 Å². The van der Waals surface area contributed by atoms with Crippen LogP contribution >= 0.6 is 11.6 Å². The number of nitrogens with one attached hydrogen (secondary N) is 1. The van der Waals surface area contributed by atoms with E-state index in [2.05, 4.69) is 10.3 Å². The number of aromatic nitrogens is 2. The van der Waals surface area contributed by atoms with Gasteiger partial charge in [-0.15, -0.1) is 0 Å². The quantitative estimate of drug-likeness (QED) is 0.632. The van der Waals surface area contributed by atoms with E-state index >= 15 is 0 Å². The molecule has 1 amide bonds. The molecule has 0 aliphatic rings. The number of benzene rings is 1. The molecule has 0 saturated heterocycles. The number of nitrogens with zero attached hydrogens (tertiary/aromatic N) is 2. The van der Waals surface area contributed by atoms with Gasteiger partial charge in [0, 0.05) is 35.7 Å². The standard InChI is InChI=1S/C18H15ClFN3O4S/c19-13-3-4-15(16(20)9-13)17-8-12(5-7-22-18(24)25)11-23(17)28(26,27)14-2-1-6-21-10-14/h1-4,6,8-11,22H,5,7H2,(H,24,25). The highest BCUT2D eigenvalue weighted by molar-refractivity contribution is 7.90. The average Bonchev–Trinajstić information content (AvgIpc) is 3.07. The Labute approximate surface area is 165 Å². The topological polar surface area (TPSA) is 101 Å². The number of halogens is 2. The number of hydrogen-bond acceptors (Lipinski definition) is 4. The second-order valence-electron chi connectivity index (χ2n) is 5.83. The monoisotopic (exact) mass is 423 g/mol. The molecule has 1 aromatic carbocycles. The van der Waals surface area contributed by atoms with Crippen LogP contribution in [0.3, 0.4) is 0 Å². The van der Waals surface area contributed by atoms with E-state index < -0.39 is 21.9 Å². The lowest BCUT2D eigenvalue weighted by Crippen LogP contribution is -2.23. The molecule has 0 bridgehead atoms. The van der Waals surface area contributed by atoms with E-state index in [1.807, 2.05) is 0 Å². The van der Waals surface area contributed by atoms with Gasteiger partial charge in [0.1, 0.15) is 10.7 Å². The highest BCUT2D eigenvalue weighted by Gasteiger charge is 2.23. The zero-order chi connectivity index (χ0) is 20.3. The number of amides is 1. The second-order valence-corrected chi connectivity index (χ2v) is 8.08. The number of carbonyl (C=O) groups is 1. The summed E-state index contributed by atoms with van der Waals surface area (Å²) in [5.41, 5.74) is 0.670. The maximum absolute atomic E-state index is 14.5. The molecule has 28 heavy (non-hydrogen) atoms. The Morgan fingerprint density at radius 1 is 1.29 bits per heavy atom. The first-order valence-electron chi connectivity index (χ1n) is 8.08. The van der Waals surface area contributed by atoms with Gasteiger partial charge in [0.2, 0.25) is 0 Å². The summed E-state index contributed by atoms with van der Waals surface area (Å²) in [5.74, 6) is -0.677. The van der Waals surface area contributed by atoms with Gasteiger partial charge in [-0.2, -0.15) is 0 Å². The number of rotatable bonds is 6. The Morgan fingerprint density at radius 3 is 2.71 bits per heavy atom. The van der Waals surface area contributed by atoms with Crippen LogP contribution in [0.1, 0.15) is 5.56 Å². The zero-order valence-electron chi connectivity index (χ0n) is 14.3. The Bertz CT molecular complexity index is 1120. The second kappa shape index (κ2) is 7.99. The smallest absolute Gasteiger partial charge is 0.404 e. The van der Waals surface area contributed by atoms with E-state index in [1.165, 1.54) is 48.9 Å². The Hall–Kier alpha value is -2.91. The fraction of sp³-hybridized carbons (Fsp3) is 0.111. The third kappa shape index (κ3) is 4.15. The van der Waals surface area contributed by atoms with Crippen LogP contribution in [-0.2, 0) is 16.4 Å². The predicted molar refractivity (Wildman–Crippen MR) is 101 cm³/mol. The largest absolute Gasteiger partial charge is 0.465 e. The van der Waals surface area contributed by atoms with Crippen molar-refractivity contribution in [2.45, 2.75) is 11.3 Å². The lowest BCUT2D eigenvalue weighted by atomic mass is 10.1. The van der Waals surface area contributed by atoms with Crippen LogP contribution in [0.25, 0.3) is 11.3 Å². The Balaban J connectivity index is 2.11. The van der Waals surface area contributed by atoms with Crippen molar-refractivity contribution in [2.75, 3.05) is 6.54 Å². The van der Waals surface area contributed by atoms with Gasteiger partial charge in [-0.1, -0.05) is 11.6 Å². The van der Waals surface area contributed by atoms with Crippen molar-refractivity contribution >= 4 is 27.7 Å². The molecule has 10 heteroatoms. The SMILES string of the molecule is O=C(O)NCCc1cc(-c2ccc(Cl)cc2F)n(S(=O)(=O)c2cccnc2)c1. The maximum Gasteiger partial charge on any atom is 0.404 e. The van der Waals surface area contributed by atoms with Gasteiger partial charge >= 0.3 is 6.09 Å². The highest BCUT2D eigenvalue weighted by atomic mass is 35.5. The first-order valence-corrected chi connectivity index (χ1v) is 9.90. The molecular weight excluding hydrogens is 409 g/mol. The minimum Gasteiger partial charge on any atom is -0.465 e. The van der Waals surface area contributed by atoms with Crippen molar-refractivity contribution in [2.24, 2.45) is 0 Å². The van der Waals surface area contributed by atoms with Gasteiger partial charge in [0.15, 0.2) is 0 Å². The van der Waals surface area contributed by atoms with Crippen molar-refractivity contribution in [1.29, 1.82) is 0 Å². The molecular formula is C18H15ClFN3O4S. The van der Waals surface area contributed by atoms with Crippen molar-refractivity contribution in [3.63, 3.8) is 0 Å². The fourth-order valence-electron chi connectivity index (χ4n) is 2.65. The highest BCUT2D eigenvalue weighted by Crippen LogP contribution is 2.30. The van der Waals surface area contributed by atoms with Crippen molar-refractivity contribution in [3.8, 4) is 11.3 Å². The lowest BCUT2D eigenvalue weighted by molar-refractivity contribution is 0.194. The normalized spacial score (nSPS) is 11.4. The van der Waals surface area contributed by atoms with Crippen LogP contribution in [0.2, 0.25) is 5.02 Å². The molecule has 2 N–H and O–H groups in total. The van der Waals surface area contributed by atoms with Gasteiger partial charge in [-0.25, -0.2) is 21.6 Å². The van der Waals surface area contributed by atoms with E-state index in [0.717, 1.165) is 10.0 Å². The maximum atomic E-state index is 14.5. The van der Waals surface area contributed by atoms with Crippen molar-refractivity contribution in [1.82, 2.24) is 14.3 Å². The van der Waals surface area contributed by atoms with Gasteiger partial charge in [0.05, 0.1) is 5.69 Å². The zero-order valence-corrected chi connectivity index (χ0v) is 15.9. The molecule has 0 aliphatic heterocycles. The molecule has 7 nitrogen and oxygen atoms in total. The molecule has 3 aromatic rings. The molecule has 2 heterocycles. The molecule has 2 aromatic heterocycles. The Morgan fingerprint density at radius 2 is 2.07 bits per heavy atom. The molecule has 0 fully saturated rings. The summed E-state index contributed by atoms with van der Waals surface area (Å²) in [5, 5.41) is 11.1. The van der Waals surface area contributed by atoms with Gasteiger partial charge < -0.3 is 10.4 Å². The van der Waals surface area contributed by atoms with Crippen LogP contribution in [0, 0.1) is 5.82 Å². The average molecular weight is 424 g/mol. The summed E-state index contributed by atoms with van der Waals surface area (Å²) >= 11 is 5.80. The molecule has 0 radical (unpaired) electrons. The van der Waals surface area contributed by atoms with Gasteiger partial charge in [-0.3, -0.25) is 4.98 Å². The number of hydrogen-bond donors (Lipinski definition) is 2. The molecule has 0 saturated carbocycles. The summed E-state index contributed by atoms with van der Waals surface area (Å²) in [7, 11) is -4.05. The van der Waals surface area contributed by atoms with E-state index in [1.54, 1.807) is 0 Å². The third-order valence-electron chi connectivity index (χ3n) is 3.93. The van der Waals surface area contributed by atoms with Gasteiger partial charge in [0.25, 0.3) is 10.0 Å². The molecule has 3 rings (SSSR count). The van der Waals surface area contributed by atoms with E-state index in [9.17, 15) is 17.6 Å². The van der Waals surface area contributed by atoms with Crippen LogP contribution < -0.4 is 5.32 Å². The van der Waals surface area contributed by atoms with E-state index in [-0.39, 0.29) is 34.1 Å². The summed E-state index contributed by atoms with van der Waals surface area (Å²) in [6, 6.07) is 8.31. The van der Waals surface area contributed by atoms with E-state index in [4.69, 9.17) is 16.7 Å². The summed E-state index contributed by atoms with van der Waals surface area (Å²) < 4.78 is 41.6. The minimum atomic E-state index is -4.05. The molecule has 0 aliphatic carbocycles. The predicted octanol–water partition coefficient (Wildman–Crippen LogP) is 3.39. The molecule has 146 valence electrons. The van der Waals surface area contributed by atoms with E-state index in [0.29, 0.717) is 5.56 Å². The summed E-state index contributed by atoms with van der Waals surface area (Å²) in [6.45, 7) is 0.0782. The lowest BCUT2D eigenvalue weighted by Gasteiger charge is -2.11. The molecule has 0 unspecified atom stereocenters. The molecule has 0 spiro atoms. The minimum absolute atomic E-state index is 0.0503. The van der Waals surface area contributed by atoms with Crippen LogP contribution in [0.5, 0.6) is 0 Å². The number of pyridine rings is 1. The fourth-order valence-corrected chi connectivity index (χ4v) is 4.17. The Kier molecular flexibility index (Phi) is 5.66. The number of carboxylic acid groups (broad SMARTS) is 1. The first-order chi connectivity index (χ1) is 13.3. The first kappa shape index (κ1) is 19.8. The van der Waals surface area contributed by atoms with Crippen molar-refractivity contribution in [3.05, 3.63) is 71.4 Å². The van der Waals surface area contributed by atoms with Crippen LogP contribution in [0.15, 0.2) is 59.9 Å². The third-order valence-corrected chi connectivity index (χ3v) is 5.82. The summed E-state index contributed by atoms with van der Waals surface area (Å²) in [4.78, 5) is 14.4. The summed E-state index contributed by atoms with van der Waals surface area (Å²) in [6.07, 6.45) is 3.02. The van der Waals surface area contributed by atoms with Crippen LogP contribution in [-0.4, -0.2) is 35.1 Å².